The first kappa shape index (κ1) is 15.3. The Labute approximate surface area is 119 Å². The van der Waals surface area contributed by atoms with Crippen LogP contribution in [-0.2, 0) is 0 Å². The number of rotatable bonds is 5. The molecule has 2 N–H and O–H groups in total. The van der Waals surface area contributed by atoms with Gasteiger partial charge in [-0.2, -0.15) is 0 Å². The van der Waals surface area contributed by atoms with Gasteiger partial charge in [0.05, 0.1) is 6.61 Å². The van der Waals surface area contributed by atoms with Crippen molar-refractivity contribution in [1.29, 1.82) is 0 Å². The van der Waals surface area contributed by atoms with Crippen LogP contribution in [0, 0.1) is 11.3 Å². The Morgan fingerprint density at radius 2 is 1.68 bits per heavy atom. The van der Waals surface area contributed by atoms with Crippen LogP contribution in [-0.4, -0.2) is 23.3 Å². The van der Waals surface area contributed by atoms with Gasteiger partial charge in [0.25, 0.3) is 0 Å². The van der Waals surface area contributed by atoms with E-state index in [1.54, 1.807) is 0 Å². The van der Waals surface area contributed by atoms with Crippen LogP contribution in [0.25, 0.3) is 0 Å². The van der Waals surface area contributed by atoms with Gasteiger partial charge in [-0.05, 0) is 49.9 Å². The van der Waals surface area contributed by atoms with Gasteiger partial charge in [0.2, 0.25) is 0 Å². The molecule has 2 aliphatic carbocycles. The minimum absolute atomic E-state index is 0.0370. The molecule has 19 heavy (non-hydrogen) atoms. The highest BCUT2D eigenvalue weighted by Gasteiger charge is 2.40. The topological polar surface area (TPSA) is 32.3 Å². The third-order valence-corrected chi connectivity index (χ3v) is 6.13. The quantitative estimate of drug-likeness (QED) is 0.792. The first-order chi connectivity index (χ1) is 9.01. The fraction of sp³-hybridized carbons (Fsp3) is 1.00. The highest BCUT2D eigenvalue weighted by Crippen LogP contribution is 2.43. The van der Waals surface area contributed by atoms with E-state index in [-0.39, 0.29) is 5.54 Å². The normalized spacial score (nSPS) is 33.8. The zero-order valence-electron chi connectivity index (χ0n) is 13.2. The summed E-state index contributed by atoms with van der Waals surface area (Å²) in [5.41, 5.74) is 0.504. The van der Waals surface area contributed by atoms with Crippen LogP contribution in [0.4, 0.5) is 0 Å². The van der Waals surface area contributed by atoms with Crippen LogP contribution < -0.4 is 5.32 Å². The van der Waals surface area contributed by atoms with E-state index in [0.29, 0.717) is 18.1 Å². The van der Waals surface area contributed by atoms with E-state index in [9.17, 15) is 5.11 Å². The molecule has 0 radical (unpaired) electrons. The van der Waals surface area contributed by atoms with Crippen molar-refractivity contribution in [1.82, 2.24) is 5.32 Å². The van der Waals surface area contributed by atoms with E-state index in [2.05, 4.69) is 26.1 Å². The highest BCUT2D eigenvalue weighted by molar-refractivity contribution is 4.97. The Morgan fingerprint density at radius 1 is 1.11 bits per heavy atom. The van der Waals surface area contributed by atoms with Crippen molar-refractivity contribution in [3.63, 3.8) is 0 Å². The van der Waals surface area contributed by atoms with Crippen LogP contribution in [0.2, 0.25) is 0 Å². The summed E-state index contributed by atoms with van der Waals surface area (Å²) in [5.74, 6) is 0.836. The zero-order chi connectivity index (χ0) is 13.9. The predicted molar refractivity (Wildman–Crippen MR) is 81.2 cm³/mol. The molecule has 0 aromatic rings. The summed E-state index contributed by atoms with van der Waals surface area (Å²) in [4.78, 5) is 0. The van der Waals surface area contributed by atoms with Gasteiger partial charge in [-0.3, -0.25) is 0 Å². The van der Waals surface area contributed by atoms with Crippen LogP contribution in [0.1, 0.15) is 78.6 Å². The summed E-state index contributed by atoms with van der Waals surface area (Å²) in [5, 5.41) is 13.7. The Morgan fingerprint density at radius 3 is 2.16 bits per heavy atom. The third kappa shape index (κ3) is 3.52. The lowest BCUT2D eigenvalue weighted by Gasteiger charge is -2.46. The lowest BCUT2D eigenvalue weighted by atomic mass is 9.65. The molecule has 2 fully saturated rings. The highest BCUT2D eigenvalue weighted by atomic mass is 16.3. The predicted octanol–water partition coefficient (Wildman–Crippen LogP) is 3.88. The van der Waals surface area contributed by atoms with Crippen LogP contribution in [0.5, 0.6) is 0 Å². The summed E-state index contributed by atoms with van der Waals surface area (Å²) >= 11 is 0. The molecule has 2 aliphatic rings. The second kappa shape index (κ2) is 6.13. The molecule has 0 heterocycles. The first-order valence-electron chi connectivity index (χ1n) is 8.40. The van der Waals surface area contributed by atoms with Gasteiger partial charge in [-0.1, -0.05) is 40.0 Å². The second-order valence-corrected chi connectivity index (χ2v) is 7.68. The summed E-state index contributed by atoms with van der Waals surface area (Å²) in [7, 11) is 0. The molecular formula is C17H33NO. The molecule has 0 bridgehead atoms. The maximum atomic E-state index is 9.89. The van der Waals surface area contributed by atoms with E-state index in [1.807, 2.05) is 0 Å². The van der Waals surface area contributed by atoms with Gasteiger partial charge in [-0.15, -0.1) is 0 Å². The van der Waals surface area contributed by atoms with E-state index in [0.717, 1.165) is 18.8 Å². The molecule has 0 aromatic carbocycles. The van der Waals surface area contributed by atoms with Crippen molar-refractivity contribution < 1.29 is 5.11 Å². The smallest absolute Gasteiger partial charge is 0.0613 e. The van der Waals surface area contributed by atoms with E-state index < -0.39 is 0 Å². The van der Waals surface area contributed by atoms with Crippen molar-refractivity contribution in [3.05, 3.63) is 0 Å². The van der Waals surface area contributed by atoms with Gasteiger partial charge in [-0.25, -0.2) is 0 Å². The van der Waals surface area contributed by atoms with Crippen molar-refractivity contribution in [3.8, 4) is 0 Å². The van der Waals surface area contributed by atoms with Crippen LogP contribution >= 0.6 is 0 Å². The molecule has 2 rings (SSSR count). The fourth-order valence-electron chi connectivity index (χ4n) is 4.09. The average molecular weight is 267 g/mol. The molecule has 0 atom stereocenters. The average Bonchev–Trinajstić information content (AvgIpc) is 2.92. The minimum atomic E-state index is 0.0370. The lowest BCUT2D eigenvalue weighted by Crippen LogP contribution is -2.55. The summed E-state index contributed by atoms with van der Waals surface area (Å²) in [6, 6.07) is 0.669. The van der Waals surface area contributed by atoms with Gasteiger partial charge < -0.3 is 10.4 Å². The number of hydrogen-bond donors (Lipinski definition) is 2. The lowest BCUT2D eigenvalue weighted by molar-refractivity contribution is 0.0542. The SMILES string of the molecule is CCC(C)(C)C1CCC(CO)(NC2CCCC2)CC1. The van der Waals surface area contributed by atoms with E-state index >= 15 is 0 Å². The third-order valence-electron chi connectivity index (χ3n) is 6.13. The molecule has 0 saturated heterocycles. The number of aliphatic hydroxyl groups is 1. The van der Waals surface area contributed by atoms with Crippen LogP contribution in [0.3, 0.4) is 0 Å². The molecule has 2 heteroatoms. The molecule has 0 aliphatic heterocycles. The standard InChI is InChI=1S/C17H33NO/c1-4-16(2,3)14-9-11-17(13-19,12-10-14)18-15-7-5-6-8-15/h14-15,18-19H,4-13H2,1-3H3. The largest absolute Gasteiger partial charge is 0.394 e. The van der Waals surface area contributed by atoms with Crippen molar-refractivity contribution >= 4 is 0 Å². The molecule has 0 aromatic heterocycles. The molecule has 2 saturated carbocycles. The van der Waals surface area contributed by atoms with E-state index in [1.165, 1.54) is 44.9 Å². The maximum Gasteiger partial charge on any atom is 0.0613 e. The van der Waals surface area contributed by atoms with Gasteiger partial charge in [0, 0.05) is 11.6 Å². The molecule has 0 amide bonds. The van der Waals surface area contributed by atoms with Crippen LogP contribution in [0.15, 0.2) is 0 Å². The Kier molecular flexibility index (Phi) is 4.94. The Bertz CT molecular complexity index is 273. The molecule has 0 unspecified atom stereocenters. The maximum absolute atomic E-state index is 9.89. The molecule has 0 spiro atoms. The first-order valence-corrected chi connectivity index (χ1v) is 8.40. The Balaban J connectivity index is 1.91. The molecular weight excluding hydrogens is 234 g/mol. The second-order valence-electron chi connectivity index (χ2n) is 7.68. The minimum Gasteiger partial charge on any atom is -0.394 e. The number of hydrogen-bond acceptors (Lipinski definition) is 2. The fourth-order valence-corrected chi connectivity index (χ4v) is 4.09. The van der Waals surface area contributed by atoms with Crippen molar-refractivity contribution in [2.24, 2.45) is 11.3 Å². The van der Waals surface area contributed by atoms with Gasteiger partial charge in [0.15, 0.2) is 0 Å². The summed E-state index contributed by atoms with van der Waals surface area (Å²) in [6.07, 6.45) is 11.5. The summed E-state index contributed by atoms with van der Waals surface area (Å²) in [6.45, 7) is 7.45. The van der Waals surface area contributed by atoms with Crippen molar-refractivity contribution in [2.45, 2.75) is 90.1 Å². The van der Waals surface area contributed by atoms with Crippen molar-refractivity contribution in [2.75, 3.05) is 6.61 Å². The van der Waals surface area contributed by atoms with E-state index in [4.69, 9.17) is 0 Å². The number of nitrogens with one attached hydrogen (secondary N) is 1. The zero-order valence-corrected chi connectivity index (χ0v) is 13.2. The van der Waals surface area contributed by atoms with Gasteiger partial charge in [0.1, 0.15) is 0 Å². The molecule has 2 nitrogen and oxygen atoms in total. The number of aliphatic hydroxyl groups excluding tert-OH is 1. The molecule has 112 valence electrons. The Hall–Kier alpha value is -0.0800. The van der Waals surface area contributed by atoms with Gasteiger partial charge >= 0.3 is 0 Å². The summed E-state index contributed by atoms with van der Waals surface area (Å²) < 4.78 is 0. The monoisotopic (exact) mass is 267 g/mol.